The van der Waals surface area contributed by atoms with E-state index in [0.29, 0.717) is 72.1 Å². The summed E-state index contributed by atoms with van der Waals surface area (Å²) in [6.45, 7) is 7.74. The lowest BCUT2D eigenvalue weighted by Crippen LogP contribution is -2.31. The molecule has 0 aliphatic carbocycles. The van der Waals surface area contributed by atoms with Crippen molar-refractivity contribution >= 4 is 42.7 Å². The van der Waals surface area contributed by atoms with Crippen LogP contribution < -0.4 is 21.7 Å². The highest BCUT2D eigenvalue weighted by Gasteiger charge is 2.04. The molecule has 55 heavy (non-hydrogen) atoms. The summed E-state index contributed by atoms with van der Waals surface area (Å²) in [4.78, 5) is 54.3. The fourth-order valence-corrected chi connectivity index (χ4v) is 5.16. The third-order valence-electron chi connectivity index (χ3n) is 8.01. The van der Waals surface area contributed by atoms with Crippen molar-refractivity contribution in [2.75, 3.05) is 78.2 Å². The molecule has 6 N–H and O–H groups in total. The van der Waals surface area contributed by atoms with Crippen LogP contribution in [0.3, 0.4) is 0 Å². The van der Waals surface area contributed by atoms with Crippen molar-refractivity contribution in [1.29, 1.82) is 0 Å². The number of ether oxygens (including phenoxy) is 4. The zero-order valence-corrected chi connectivity index (χ0v) is 35.5. The number of carboxylic acids is 1. The zero-order chi connectivity index (χ0) is 41.3. The number of unbranched alkanes of at least 4 members (excludes halogenated alkanes) is 16. The van der Waals surface area contributed by atoms with Gasteiger partial charge in [0.05, 0.1) is 39.6 Å². The van der Waals surface area contributed by atoms with Gasteiger partial charge in [0.1, 0.15) is 13.2 Å². The second-order valence-corrected chi connectivity index (χ2v) is 13.6. The Kier molecular flexibility index (Phi) is 53.3. The van der Waals surface area contributed by atoms with E-state index in [1.165, 1.54) is 77.0 Å². The molecule has 0 saturated carbocycles. The number of carbonyl (C=O) groups excluding carboxylic acids is 4. The highest BCUT2D eigenvalue weighted by molar-refractivity contribution is 7.80. The van der Waals surface area contributed by atoms with E-state index in [-0.39, 0.29) is 37.3 Å². The first kappa shape index (κ1) is 56.9. The van der Waals surface area contributed by atoms with E-state index in [1.807, 2.05) is 0 Å². The topological polar surface area (TPSA) is 205 Å². The second-order valence-electron chi connectivity index (χ2n) is 13.1. The van der Waals surface area contributed by atoms with Gasteiger partial charge in [-0.05, 0) is 31.4 Å². The molecule has 0 aliphatic heterocycles. The van der Waals surface area contributed by atoms with Crippen LogP contribution in [0.4, 0.5) is 0 Å². The van der Waals surface area contributed by atoms with Crippen LogP contribution in [-0.4, -0.2) is 113 Å². The predicted octanol–water partition coefficient (Wildman–Crippen LogP) is 5.74. The van der Waals surface area contributed by atoms with Gasteiger partial charge in [0.25, 0.3) is 0 Å². The monoisotopic (exact) mass is 809 g/mol. The lowest BCUT2D eigenvalue weighted by molar-refractivity contribution is -0.137. The van der Waals surface area contributed by atoms with Gasteiger partial charge < -0.3 is 45.7 Å². The summed E-state index contributed by atoms with van der Waals surface area (Å²) < 4.78 is 21.3. The fourth-order valence-electron chi connectivity index (χ4n) is 4.93. The predicted molar refractivity (Wildman–Crippen MR) is 222 cm³/mol. The summed E-state index contributed by atoms with van der Waals surface area (Å²) in [6, 6.07) is 0. The van der Waals surface area contributed by atoms with Gasteiger partial charge in [-0.15, -0.1) is 0 Å². The number of aliphatic carboxylic acids is 1. The summed E-state index contributed by atoms with van der Waals surface area (Å²) in [5.41, 5.74) is 4.17. The maximum atomic E-state index is 12.0. The Hall–Kier alpha value is -2.46. The van der Waals surface area contributed by atoms with Crippen LogP contribution in [-0.2, 0) is 42.9 Å². The molecule has 0 fully saturated rings. The maximum Gasteiger partial charge on any atom is 0.303 e. The van der Waals surface area contributed by atoms with Gasteiger partial charge in [0, 0.05) is 32.5 Å². The Morgan fingerprint density at radius 3 is 1.25 bits per heavy atom. The minimum absolute atomic E-state index is 0.0194. The van der Waals surface area contributed by atoms with E-state index >= 15 is 0 Å². The van der Waals surface area contributed by atoms with Crippen molar-refractivity contribution in [2.24, 2.45) is 5.73 Å². The van der Waals surface area contributed by atoms with Crippen LogP contribution in [0.15, 0.2) is 0 Å². The van der Waals surface area contributed by atoms with Crippen LogP contribution >= 0.6 is 12.6 Å². The molecule has 0 aromatic rings. The maximum absolute atomic E-state index is 12.0. The number of primary amides is 1. The van der Waals surface area contributed by atoms with Crippen LogP contribution in [0.2, 0.25) is 0 Å². The first-order valence-corrected chi connectivity index (χ1v) is 21.5. The van der Waals surface area contributed by atoms with Crippen LogP contribution in [0.1, 0.15) is 149 Å². The van der Waals surface area contributed by atoms with Gasteiger partial charge in [-0.25, -0.2) is 0 Å². The summed E-state index contributed by atoms with van der Waals surface area (Å²) >= 11 is 4.05. The quantitative estimate of drug-likeness (QED) is 0.0253. The molecule has 0 unspecified atom stereocenters. The normalized spacial score (nSPS) is 10.4. The summed E-state index contributed by atoms with van der Waals surface area (Å²) in [7, 11) is 0. The molecule has 0 aromatic heterocycles. The average Bonchev–Trinajstić information content (AvgIpc) is 3.16. The Morgan fingerprint density at radius 1 is 0.509 bits per heavy atom. The Morgan fingerprint density at radius 2 is 0.873 bits per heavy atom. The van der Waals surface area contributed by atoms with E-state index in [0.717, 1.165) is 50.7 Å². The van der Waals surface area contributed by atoms with Gasteiger partial charge in [-0.2, -0.15) is 12.6 Å². The Bertz CT molecular complexity index is 855. The van der Waals surface area contributed by atoms with Gasteiger partial charge in [-0.1, -0.05) is 110 Å². The van der Waals surface area contributed by atoms with Crippen molar-refractivity contribution in [3.8, 4) is 0 Å². The summed E-state index contributed by atoms with van der Waals surface area (Å²) in [6.07, 6.45) is 23.3. The van der Waals surface area contributed by atoms with Gasteiger partial charge in [0.15, 0.2) is 0 Å². The molecular formula is C40H80N4O10S. The molecule has 326 valence electrons. The lowest BCUT2D eigenvalue weighted by atomic mass is 10.0. The fraction of sp³-hybridized carbons (Fsp3) is 0.875. The number of carbonyl (C=O) groups is 5. The largest absolute Gasteiger partial charge is 0.481 e. The molecule has 0 aliphatic rings. The van der Waals surface area contributed by atoms with Gasteiger partial charge in [-0.3, -0.25) is 24.0 Å². The highest BCUT2D eigenvalue weighted by atomic mass is 32.1. The standard InChI is InChI=1S/C34H65N3O9.C5H12S.CH3NO/c1-2-3-20-35-32(39)29-45-27-26-44-24-22-37-33(40)30-46-28-25-43-23-21-36-31(38)18-16-14-12-10-8-6-4-5-7-9-11-13-15-17-19-34(41)42;1-2-3-4-5-6;2-1-3/h2-30H2,1H3,(H,35,39)(H,36,38)(H,37,40)(H,41,42);6H,2-5H2,1H3;1H,(H2,2,3). The summed E-state index contributed by atoms with van der Waals surface area (Å²) in [5.74, 6) is 0.0532. The zero-order valence-electron chi connectivity index (χ0n) is 34.6. The number of nitrogens with one attached hydrogen (secondary N) is 3. The Labute approximate surface area is 338 Å². The van der Waals surface area contributed by atoms with Crippen molar-refractivity contribution in [3.05, 3.63) is 0 Å². The first-order valence-electron chi connectivity index (χ1n) is 20.9. The van der Waals surface area contributed by atoms with Crippen LogP contribution in [0, 0.1) is 0 Å². The van der Waals surface area contributed by atoms with Crippen molar-refractivity contribution in [3.63, 3.8) is 0 Å². The van der Waals surface area contributed by atoms with Crippen molar-refractivity contribution < 1.29 is 48.0 Å². The number of hydrogen-bond acceptors (Lipinski definition) is 10. The molecule has 0 atom stereocenters. The molecule has 0 bridgehead atoms. The molecular weight excluding hydrogens is 729 g/mol. The van der Waals surface area contributed by atoms with Crippen molar-refractivity contribution in [2.45, 2.75) is 149 Å². The number of carboxylic acid groups (broad SMARTS) is 1. The molecule has 0 saturated heterocycles. The minimum atomic E-state index is -0.689. The SMILES string of the molecule is CCCCCS.CCCCNC(=O)COCCOCCNC(=O)COCCOCCNC(=O)CCCCCCCCCCCCCCCCC(=O)O.NC=O. The third-order valence-corrected chi connectivity index (χ3v) is 8.32. The van der Waals surface area contributed by atoms with E-state index in [9.17, 15) is 19.2 Å². The molecule has 15 heteroatoms. The molecule has 0 spiro atoms. The minimum Gasteiger partial charge on any atom is -0.481 e. The number of thiol groups is 1. The summed E-state index contributed by atoms with van der Waals surface area (Å²) in [5, 5.41) is 17.0. The molecule has 0 rings (SSSR count). The van der Waals surface area contributed by atoms with E-state index in [2.05, 4.69) is 48.2 Å². The lowest BCUT2D eigenvalue weighted by Gasteiger charge is -2.09. The number of nitrogens with two attached hydrogens (primary N) is 1. The first-order chi connectivity index (χ1) is 26.8. The van der Waals surface area contributed by atoms with Crippen molar-refractivity contribution in [1.82, 2.24) is 16.0 Å². The Balaban J connectivity index is -0.00000267. The van der Waals surface area contributed by atoms with E-state index in [1.54, 1.807) is 0 Å². The number of rotatable bonds is 39. The molecule has 0 aromatic carbocycles. The van der Waals surface area contributed by atoms with Gasteiger partial charge in [0.2, 0.25) is 24.1 Å². The molecule has 0 radical (unpaired) electrons. The van der Waals surface area contributed by atoms with Crippen LogP contribution in [0.25, 0.3) is 0 Å². The molecule has 14 nitrogen and oxygen atoms in total. The van der Waals surface area contributed by atoms with E-state index in [4.69, 9.17) is 28.8 Å². The average molecular weight is 809 g/mol. The van der Waals surface area contributed by atoms with Crippen LogP contribution in [0.5, 0.6) is 0 Å². The molecule has 0 heterocycles. The number of hydrogen-bond donors (Lipinski definition) is 6. The molecule has 4 amide bonds. The number of amides is 4. The van der Waals surface area contributed by atoms with Gasteiger partial charge >= 0.3 is 5.97 Å². The second kappa shape index (κ2) is 51.5. The highest BCUT2D eigenvalue weighted by Crippen LogP contribution is 2.13. The third kappa shape index (κ3) is 58.4. The smallest absolute Gasteiger partial charge is 0.303 e. The van der Waals surface area contributed by atoms with E-state index < -0.39 is 5.97 Å².